The lowest BCUT2D eigenvalue weighted by Crippen LogP contribution is -2.45. The highest BCUT2D eigenvalue weighted by molar-refractivity contribution is 7.93. The topological polar surface area (TPSA) is 99.6 Å². The number of para-hydroxylation sites is 1. The lowest BCUT2D eigenvalue weighted by atomic mass is 9.84. The summed E-state index contributed by atoms with van der Waals surface area (Å²) in [6, 6.07) is 20.7. The van der Waals surface area contributed by atoms with E-state index in [2.05, 4.69) is 9.71 Å². The van der Waals surface area contributed by atoms with Gasteiger partial charge in [0.25, 0.3) is 15.9 Å². The number of fused-ring (bicyclic) bond motifs is 1. The third-order valence-electron chi connectivity index (χ3n) is 6.85. The number of rotatable bonds is 5. The third-order valence-corrected chi connectivity index (χ3v) is 8.59. The molecule has 0 atom stereocenters. The number of aryl methyl sites for hydroxylation is 1. The Morgan fingerprint density at radius 1 is 1.03 bits per heavy atom. The Kier molecular flexibility index (Phi) is 6.66. The lowest BCUT2D eigenvalue weighted by Gasteiger charge is -2.39. The number of anilines is 1. The molecule has 1 aromatic heterocycles. The number of likely N-dealkylation sites (tertiary alicyclic amines) is 1. The van der Waals surface area contributed by atoms with Gasteiger partial charge in [0.2, 0.25) is 0 Å². The minimum atomic E-state index is -3.90. The summed E-state index contributed by atoms with van der Waals surface area (Å²) in [5, 5.41) is 12.4. The molecule has 5 rings (SSSR count). The number of nitrogens with one attached hydrogen (secondary N) is 1. The lowest BCUT2D eigenvalue weighted by molar-refractivity contribution is -0.0210. The summed E-state index contributed by atoms with van der Waals surface area (Å²) < 4.78 is 28.9. The molecular formula is C28H26ClN3O4S. The summed E-state index contributed by atoms with van der Waals surface area (Å²) >= 11 is 6.30. The molecule has 0 saturated carbocycles. The highest BCUT2D eigenvalue weighted by atomic mass is 35.5. The molecule has 9 heteroatoms. The number of aliphatic hydroxyl groups is 1. The average Bonchev–Trinajstić information content (AvgIpc) is 2.88. The Morgan fingerprint density at radius 3 is 2.49 bits per heavy atom. The van der Waals surface area contributed by atoms with Crippen LogP contribution in [0.3, 0.4) is 0 Å². The Balaban J connectivity index is 1.31. The zero-order chi connectivity index (χ0) is 26.2. The molecule has 4 aromatic rings. The van der Waals surface area contributed by atoms with Gasteiger partial charge in [0, 0.05) is 46.5 Å². The van der Waals surface area contributed by atoms with E-state index in [4.69, 9.17) is 11.6 Å². The smallest absolute Gasteiger partial charge is 0.264 e. The number of pyridine rings is 1. The molecule has 190 valence electrons. The molecule has 1 saturated heterocycles. The second kappa shape index (κ2) is 9.78. The molecule has 0 bridgehead atoms. The molecule has 0 spiro atoms. The summed E-state index contributed by atoms with van der Waals surface area (Å²) in [4.78, 5) is 19.3. The van der Waals surface area contributed by atoms with E-state index in [1.807, 2.05) is 30.3 Å². The Bertz CT molecular complexity index is 1590. The standard InChI is InChI=1S/C28H26ClN3O4S/c1-19-18-21(31-37(35,36)25-10-4-6-20-7-5-15-30-26(20)25)11-12-22(19)27(33)32-16-13-28(34,14-17-32)23-8-2-3-9-24(23)29/h2-12,15,18,31,34H,13-14,16-17H2,1H3. The number of amides is 1. The minimum absolute atomic E-state index is 0.0859. The molecule has 0 aliphatic carbocycles. The molecule has 37 heavy (non-hydrogen) atoms. The number of sulfonamides is 1. The molecule has 0 unspecified atom stereocenters. The van der Waals surface area contributed by atoms with Crippen molar-refractivity contribution >= 4 is 44.1 Å². The maximum atomic E-state index is 13.3. The van der Waals surface area contributed by atoms with Crippen molar-refractivity contribution < 1.29 is 18.3 Å². The Morgan fingerprint density at radius 2 is 1.76 bits per heavy atom. The second-order valence-electron chi connectivity index (χ2n) is 9.27. The fourth-order valence-corrected chi connectivity index (χ4v) is 6.37. The number of benzene rings is 3. The first-order valence-corrected chi connectivity index (χ1v) is 13.8. The largest absolute Gasteiger partial charge is 0.385 e. The Hall–Kier alpha value is -3.46. The Labute approximate surface area is 220 Å². The van der Waals surface area contributed by atoms with Crippen molar-refractivity contribution in [3.63, 3.8) is 0 Å². The van der Waals surface area contributed by atoms with Crippen LogP contribution >= 0.6 is 11.6 Å². The fraction of sp³-hybridized carbons (Fsp3) is 0.214. The van der Waals surface area contributed by atoms with Gasteiger partial charge in [-0.25, -0.2) is 8.42 Å². The van der Waals surface area contributed by atoms with Crippen molar-refractivity contribution in [2.24, 2.45) is 0 Å². The molecule has 1 aliphatic heterocycles. The van der Waals surface area contributed by atoms with Gasteiger partial charge in [0.15, 0.2) is 0 Å². The zero-order valence-electron chi connectivity index (χ0n) is 20.2. The van der Waals surface area contributed by atoms with E-state index in [-0.39, 0.29) is 10.8 Å². The summed E-state index contributed by atoms with van der Waals surface area (Å²) in [6.07, 6.45) is 2.30. The average molecular weight is 536 g/mol. The number of piperidine rings is 1. The van der Waals surface area contributed by atoms with Gasteiger partial charge in [-0.3, -0.25) is 14.5 Å². The highest BCUT2D eigenvalue weighted by Gasteiger charge is 2.37. The number of halogens is 1. The van der Waals surface area contributed by atoms with Crippen LogP contribution in [0.25, 0.3) is 10.9 Å². The molecule has 1 aliphatic rings. The molecule has 7 nitrogen and oxygen atoms in total. The van der Waals surface area contributed by atoms with Gasteiger partial charge in [0.1, 0.15) is 4.90 Å². The van der Waals surface area contributed by atoms with Gasteiger partial charge in [-0.15, -0.1) is 0 Å². The summed E-state index contributed by atoms with van der Waals surface area (Å²) in [7, 11) is -3.90. The fourth-order valence-electron chi connectivity index (χ4n) is 4.83. The van der Waals surface area contributed by atoms with Crippen molar-refractivity contribution in [1.82, 2.24) is 9.88 Å². The van der Waals surface area contributed by atoms with Gasteiger partial charge in [-0.05, 0) is 61.7 Å². The third kappa shape index (κ3) is 4.92. The predicted octanol–water partition coefficient (Wildman–Crippen LogP) is 5.12. The second-order valence-corrected chi connectivity index (χ2v) is 11.3. The molecule has 1 fully saturated rings. The minimum Gasteiger partial charge on any atom is -0.385 e. The van der Waals surface area contributed by atoms with Crippen LogP contribution in [0.1, 0.15) is 34.3 Å². The summed E-state index contributed by atoms with van der Waals surface area (Å²) in [5.41, 5.74) is 1.48. The van der Waals surface area contributed by atoms with E-state index in [1.54, 1.807) is 54.4 Å². The van der Waals surface area contributed by atoms with Crippen LogP contribution in [-0.2, 0) is 15.6 Å². The molecule has 2 heterocycles. The maximum absolute atomic E-state index is 13.3. The molecule has 1 amide bonds. The van der Waals surface area contributed by atoms with E-state index >= 15 is 0 Å². The van der Waals surface area contributed by atoms with Gasteiger partial charge >= 0.3 is 0 Å². The molecule has 3 aromatic carbocycles. The normalized spacial score (nSPS) is 15.5. The van der Waals surface area contributed by atoms with Crippen LogP contribution in [0.15, 0.2) is 83.9 Å². The van der Waals surface area contributed by atoms with E-state index < -0.39 is 15.6 Å². The number of carbonyl (C=O) groups is 1. The van der Waals surface area contributed by atoms with Crippen LogP contribution < -0.4 is 4.72 Å². The SMILES string of the molecule is Cc1cc(NS(=O)(=O)c2cccc3cccnc23)ccc1C(=O)N1CCC(O)(c2ccccc2Cl)CC1. The van der Waals surface area contributed by atoms with E-state index in [9.17, 15) is 18.3 Å². The molecule has 2 N–H and O–H groups in total. The van der Waals surface area contributed by atoms with Crippen LogP contribution in [0.2, 0.25) is 5.02 Å². The van der Waals surface area contributed by atoms with Gasteiger partial charge < -0.3 is 10.0 Å². The zero-order valence-corrected chi connectivity index (χ0v) is 21.8. The number of nitrogens with zero attached hydrogens (tertiary/aromatic N) is 2. The van der Waals surface area contributed by atoms with Gasteiger partial charge in [0.05, 0.1) is 11.1 Å². The van der Waals surface area contributed by atoms with E-state index in [1.165, 1.54) is 6.07 Å². The first-order chi connectivity index (χ1) is 17.7. The van der Waals surface area contributed by atoms with Crippen LogP contribution in [0, 0.1) is 6.92 Å². The van der Waals surface area contributed by atoms with E-state index in [0.29, 0.717) is 58.8 Å². The predicted molar refractivity (Wildman–Crippen MR) is 144 cm³/mol. The van der Waals surface area contributed by atoms with Gasteiger partial charge in [-0.2, -0.15) is 0 Å². The molecule has 0 radical (unpaired) electrons. The van der Waals surface area contributed by atoms with Crippen molar-refractivity contribution in [3.8, 4) is 0 Å². The quantitative estimate of drug-likeness (QED) is 0.369. The first kappa shape index (κ1) is 25.2. The summed E-state index contributed by atoms with van der Waals surface area (Å²) in [5.74, 6) is -0.161. The number of hydrogen-bond donors (Lipinski definition) is 2. The highest BCUT2D eigenvalue weighted by Crippen LogP contribution is 2.37. The van der Waals surface area contributed by atoms with Crippen molar-refractivity contribution in [2.75, 3.05) is 17.8 Å². The van der Waals surface area contributed by atoms with Crippen molar-refractivity contribution in [1.29, 1.82) is 0 Å². The van der Waals surface area contributed by atoms with Crippen LogP contribution in [0.5, 0.6) is 0 Å². The van der Waals surface area contributed by atoms with E-state index in [0.717, 1.165) is 5.39 Å². The van der Waals surface area contributed by atoms with Crippen LogP contribution in [0.4, 0.5) is 5.69 Å². The first-order valence-electron chi connectivity index (χ1n) is 11.9. The maximum Gasteiger partial charge on any atom is 0.264 e. The monoisotopic (exact) mass is 535 g/mol. The van der Waals surface area contributed by atoms with Crippen molar-refractivity contribution in [3.05, 3.63) is 101 Å². The van der Waals surface area contributed by atoms with Gasteiger partial charge in [-0.1, -0.05) is 48.0 Å². The summed E-state index contributed by atoms with van der Waals surface area (Å²) in [6.45, 7) is 2.53. The number of carbonyl (C=O) groups excluding carboxylic acids is 1. The number of hydrogen-bond acceptors (Lipinski definition) is 5. The molecular weight excluding hydrogens is 510 g/mol. The van der Waals surface area contributed by atoms with Crippen LogP contribution in [-0.4, -0.2) is 42.4 Å². The number of aromatic nitrogens is 1. The van der Waals surface area contributed by atoms with Crippen molar-refractivity contribution in [2.45, 2.75) is 30.3 Å².